The first kappa shape index (κ1) is 19.8. The molecule has 144 valence electrons. The Morgan fingerprint density at radius 2 is 1.54 bits per heavy atom. The van der Waals surface area contributed by atoms with Gasteiger partial charge in [0.05, 0.1) is 16.3 Å². The number of benzene rings is 3. The van der Waals surface area contributed by atoms with Gasteiger partial charge in [-0.05, 0) is 54.6 Å². The summed E-state index contributed by atoms with van der Waals surface area (Å²) in [5.41, 5.74) is -0.213. The van der Waals surface area contributed by atoms with Gasteiger partial charge in [-0.25, -0.2) is 17.2 Å². The van der Waals surface area contributed by atoms with Crippen molar-refractivity contribution in [2.75, 3.05) is 10.0 Å². The molecule has 3 aromatic rings. The summed E-state index contributed by atoms with van der Waals surface area (Å²) in [5.74, 6) is -2.31. The number of amides is 1. The van der Waals surface area contributed by atoms with Crippen LogP contribution in [-0.2, 0) is 10.0 Å². The summed E-state index contributed by atoms with van der Waals surface area (Å²) in [7, 11) is -4.22. The summed E-state index contributed by atoms with van der Waals surface area (Å²) < 4.78 is 54.7. The number of carbonyl (C=O) groups is 1. The quantitative estimate of drug-likeness (QED) is 0.627. The molecule has 0 unspecified atom stereocenters. The van der Waals surface area contributed by atoms with E-state index in [1.807, 2.05) is 0 Å². The van der Waals surface area contributed by atoms with E-state index in [-0.39, 0.29) is 16.9 Å². The third-order valence-corrected chi connectivity index (χ3v) is 5.34. The van der Waals surface area contributed by atoms with Crippen molar-refractivity contribution in [1.82, 2.24) is 0 Å². The molecular formula is C19H13ClF2N2O3S. The van der Waals surface area contributed by atoms with Crippen LogP contribution in [-0.4, -0.2) is 14.3 Å². The lowest BCUT2D eigenvalue weighted by molar-refractivity contribution is 0.102. The maximum Gasteiger partial charge on any atom is 0.262 e. The molecule has 2 N–H and O–H groups in total. The number of carbonyl (C=O) groups excluding carboxylic acids is 1. The van der Waals surface area contributed by atoms with Crippen molar-refractivity contribution < 1.29 is 22.0 Å². The lowest BCUT2D eigenvalue weighted by Gasteiger charge is -2.11. The minimum atomic E-state index is -4.22. The SMILES string of the molecule is O=C(Nc1ccc(S(=O)(=O)Nc2ccccc2F)cc1F)c1ccc(Cl)cc1. The third kappa shape index (κ3) is 4.47. The smallest absolute Gasteiger partial charge is 0.262 e. The van der Waals surface area contributed by atoms with Gasteiger partial charge in [-0.15, -0.1) is 0 Å². The summed E-state index contributed by atoms with van der Waals surface area (Å²) in [6.45, 7) is 0. The standard InChI is InChI=1S/C19H13ClF2N2O3S/c20-13-7-5-12(6-8-13)19(25)23-17-10-9-14(11-16(17)22)28(26,27)24-18-4-2-1-3-15(18)21/h1-11,24H,(H,23,25). The van der Waals surface area contributed by atoms with E-state index in [4.69, 9.17) is 11.6 Å². The summed E-state index contributed by atoms with van der Waals surface area (Å²) in [6.07, 6.45) is 0. The van der Waals surface area contributed by atoms with Crippen LogP contribution in [0.4, 0.5) is 20.2 Å². The first-order valence-electron chi connectivity index (χ1n) is 7.90. The number of rotatable bonds is 5. The second kappa shape index (κ2) is 7.95. The van der Waals surface area contributed by atoms with Crippen LogP contribution in [0.2, 0.25) is 5.02 Å². The molecule has 9 heteroatoms. The predicted molar refractivity (Wildman–Crippen MR) is 103 cm³/mol. The molecule has 3 aromatic carbocycles. The lowest BCUT2D eigenvalue weighted by atomic mass is 10.2. The van der Waals surface area contributed by atoms with Crippen molar-refractivity contribution in [3.63, 3.8) is 0 Å². The Balaban J connectivity index is 1.80. The monoisotopic (exact) mass is 422 g/mol. The van der Waals surface area contributed by atoms with Gasteiger partial charge in [0.1, 0.15) is 11.6 Å². The van der Waals surface area contributed by atoms with Gasteiger partial charge in [0.15, 0.2) is 0 Å². The Kier molecular flexibility index (Phi) is 5.62. The number of halogens is 3. The molecule has 0 aliphatic carbocycles. The van der Waals surface area contributed by atoms with Crippen LogP contribution in [0.1, 0.15) is 10.4 Å². The molecule has 0 aliphatic heterocycles. The van der Waals surface area contributed by atoms with Crippen LogP contribution in [0.5, 0.6) is 0 Å². The fraction of sp³-hybridized carbons (Fsp3) is 0. The second-order valence-electron chi connectivity index (χ2n) is 5.69. The Hall–Kier alpha value is -2.97. The fourth-order valence-electron chi connectivity index (χ4n) is 2.31. The van der Waals surface area contributed by atoms with E-state index in [2.05, 4.69) is 10.0 Å². The van der Waals surface area contributed by atoms with E-state index < -0.39 is 32.5 Å². The van der Waals surface area contributed by atoms with Gasteiger partial charge < -0.3 is 5.32 Å². The number of hydrogen-bond donors (Lipinski definition) is 2. The Morgan fingerprint density at radius 3 is 2.18 bits per heavy atom. The van der Waals surface area contributed by atoms with Crippen LogP contribution in [0.15, 0.2) is 71.6 Å². The van der Waals surface area contributed by atoms with Gasteiger partial charge in [0.25, 0.3) is 15.9 Å². The molecular weight excluding hydrogens is 410 g/mol. The highest BCUT2D eigenvalue weighted by atomic mass is 35.5. The van der Waals surface area contributed by atoms with Crippen LogP contribution < -0.4 is 10.0 Å². The van der Waals surface area contributed by atoms with Crippen molar-refractivity contribution in [3.8, 4) is 0 Å². The Bertz CT molecular complexity index is 1140. The van der Waals surface area contributed by atoms with E-state index >= 15 is 0 Å². The maximum absolute atomic E-state index is 14.3. The van der Waals surface area contributed by atoms with Crippen LogP contribution in [0.25, 0.3) is 0 Å². The molecule has 0 bridgehead atoms. The highest BCUT2D eigenvalue weighted by Gasteiger charge is 2.19. The number of para-hydroxylation sites is 1. The first-order chi connectivity index (χ1) is 13.3. The number of sulfonamides is 1. The summed E-state index contributed by atoms with van der Waals surface area (Å²) in [6, 6.07) is 14.1. The topological polar surface area (TPSA) is 75.3 Å². The average molecular weight is 423 g/mol. The molecule has 0 heterocycles. The number of anilines is 2. The van der Waals surface area contributed by atoms with Crippen molar-refractivity contribution >= 4 is 38.9 Å². The molecule has 0 saturated heterocycles. The van der Waals surface area contributed by atoms with Gasteiger partial charge >= 0.3 is 0 Å². The van der Waals surface area contributed by atoms with Gasteiger partial charge in [-0.1, -0.05) is 23.7 Å². The minimum Gasteiger partial charge on any atom is -0.319 e. The highest BCUT2D eigenvalue weighted by molar-refractivity contribution is 7.92. The van der Waals surface area contributed by atoms with Gasteiger partial charge in [-0.2, -0.15) is 0 Å². The normalized spacial score (nSPS) is 11.1. The predicted octanol–water partition coefficient (Wildman–Crippen LogP) is 4.67. The molecule has 0 fully saturated rings. The minimum absolute atomic E-state index is 0.204. The summed E-state index contributed by atoms with van der Waals surface area (Å²) in [5, 5.41) is 2.80. The van der Waals surface area contributed by atoms with Crippen LogP contribution >= 0.6 is 11.6 Å². The van der Waals surface area contributed by atoms with E-state index in [0.29, 0.717) is 5.02 Å². The molecule has 0 radical (unpaired) electrons. The Labute approximate surface area is 165 Å². The van der Waals surface area contributed by atoms with Crippen molar-refractivity contribution in [3.05, 3.63) is 89.0 Å². The molecule has 28 heavy (non-hydrogen) atoms. The molecule has 0 aromatic heterocycles. The largest absolute Gasteiger partial charge is 0.319 e. The van der Waals surface area contributed by atoms with E-state index in [0.717, 1.165) is 24.3 Å². The van der Waals surface area contributed by atoms with Crippen molar-refractivity contribution in [2.24, 2.45) is 0 Å². The zero-order chi connectivity index (χ0) is 20.3. The van der Waals surface area contributed by atoms with Crippen LogP contribution in [0, 0.1) is 11.6 Å². The van der Waals surface area contributed by atoms with Crippen molar-refractivity contribution in [2.45, 2.75) is 4.90 Å². The molecule has 5 nitrogen and oxygen atoms in total. The molecule has 0 saturated carbocycles. The molecule has 0 aliphatic rings. The molecule has 0 atom stereocenters. The number of hydrogen-bond acceptors (Lipinski definition) is 3. The van der Waals surface area contributed by atoms with Crippen molar-refractivity contribution in [1.29, 1.82) is 0 Å². The average Bonchev–Trinajstić information content (AvgIpc) is 2.65. The van der Waals surface area contributed by atoms with Gasteiger partial charge in [-0.3, -0.25) is 9.52 Å². The highest BCUT2D eigenvalue weighted by Crippen LogP contribution is 2.23. The second-order valence-corrected chi connectivity index (χ2v) is 7.81. The molecule has 1 amide bonds. The van der Waals surface area contributed by atoms with E-state index in [1.54, 1.807) is 0 Å². The van der Waals surface area contributed by atoms with E-state index in [1.165, 1.54) is 42.5 Å². The lowest BCUT2D eigenvalue weighted by Crippen LogP contribution is -2.16. The first-order valence-corrected chi connectivity index (χ1v) is 9.76. The molecule has 3 rings (SSSR count). The van der Waals surface area contributed by atoms with Gasteiger partial charge in [0, 0.05) is 10.6 Å². The number of nitrogens with one attached hydrogen (secondary N) is 2. The zero-order valence-corrected chi connectivity index (χ0v) is 15.7. The van der Waals surface area contributed by atoms with Crippen LogP contribution in [0.3, 0.4) is 0 Å². The zero-order valence-electron chi connectivity index (χ0n) is 14.1. The maximum atomic E-state index is 14.3. The van der Waals surface area contributed by atoms with E-state index in [9.17, 15) is 22.0 Å². The summed E-state index contributed by atoms with van der Waals surface area (Å²) >= 11 is 5.75. The third-order valence-electron chi connectivity index (χ3n) is 3.72. The Morgan fingerprint density at radius 1 is 0.857 bits per heavy atom. The fourth-order valence-corrected chi connectivity index (χ4v) is 3.51. The summed E-state index contributed by atoms with van der Waals surface area (Å²) in [4.78, 5) is 11.7. The van der Waals surface area contributed by atoms with Gasteiger partial charge in [0.2, 0.25) is 0 Å². The molecule has 0 spiro atoms.